The van der Waals surface area contributed by atoms with Crippen molar-refractivity contribution >= 4 is 19.8 Å². The molecule has 0 aromatic rings. The zero-order valence-corrected chi connectivity index (χ0v) is 19.3. The van der Waals surface area contributed by atoms with E-state index >= 15 is 0 Å². The van der Waals surface area contributed by atoms with Crippen LogP contribution >= 0.6 is 0 Å². The van der Waals surface area contributed by atoms with Gasteiger partial charge >= 0.3 is 144 Å². The van der Waals surface area contributed by atoms with E-state index in [0.717, 1.165) is 3.43 Å². The van der Waals surface area contributed by atoms with Crippen LogP contribution in [0, 0.1) is 0 Å². The minimum absolute atomic E-state index is 0.882. The van der Waals surface area contributed by atoms with Crippen LogP contribution in [0.4, 0.5) is 0 Å². The van der Waals surface area contributed by atoms with Gasteiger partial charge in [0.05, 0.1) is 0 Å². The molecule has 0 amide bonds. The Hall–Kier alpha value is 0.799. The monoisotopic (exact) mass is 404 g/mol. The third kappa shape index (κ3) is 8.86. The van der Waals surface area contributed by atoms with Crippen LogP contribution in [0.3, 0.4) is 0 Å². The topological polar surface area (TPSA) is 0 Å². The molecule has 0 aromatic heterocycles. The van der Waals surface area contributed by atoms with Gasteiger partial charge in [-0.2, -0.15) is 0 Å². The third-order valence-corrected chi connectivity index (χ3v) is 19.2. The normalized spacial score (nSPS) is 12.3. The summed E-state index contributed by atoms with van der Waals surface area (Å²) in [6.07, 6.45) is 17.9. The molecule has 0 aromatic carbocycles. The molecule has 0 saturated heterocycles. The third-order valence-electron chi connectivity index (χ3n) is 5.48. The molecule has 1 heteroatoms. The Balaban J connectivity index is 5.05. The Labute approximate surface area is 143 Å². The Morgan fingerprint density at radius 2 is 0.952 bits per heavy atom. The number of unbranched alkanes of at least 4 members (excludes halogenated alkanes) is 4. The van der Waals surface area contributed by atoms with Gasteiger partial charge in [-0.05, 0) is 0 Å². The summed E-state index contributed by atoms with van der Waals surface area (Å²) in [4.78, 5) is 0. The fourth-order valence-electron chi connectivity index (χ4n) is 4.20. The fourth-order valence-corrected chi connectivity index (χ4v) is 19.1. The van der Waals surface area contributed by atoms with Crippen LogP contribution in [0.25, 0.3) is 0 Å². The van der Waals surface area contributed by atoms with E-state index in [1.807, 2.05) is 0 Å². The molecule has 128 valence electrons. The van der Waals surface area contributed by atoms with E-state index in [2.05, 4.69) is 34.6 Å². The first-order valence-corrected chi connectivity index (χ1v) is 16.5. The van der Waals surface area contributed by atoms with Gasteiger partial charge in [0.2, 0.25) is 0 Å². The second-order valence-corrected chi connectivity index (χ2v) is 18.1. The van der Waals surface area contributed by atoms with Crippen molar-refractivity contribution in [3.8, 4) is 0 Å². The summed E-state index contributed by atoms with van der Waals surface area (Å²) >= 11 is -1.42. The maximum atomic E-state index is 2.44. The van der Waals surface area contributed by atoms with Crippen molar-refractivity contribution in [2.24, 2.45) is 0 Å². The molecule has 0 heterocycles. The van der Waals surface area contributed by atoms with Gasteiger partial charge in [0, 0.05) is 0 Å². The van der Waals surface area contributed by atoms with Crippen LogP contribution in [-0.4, -0.2) is 19.8 Å². The van der Waals surface area contributed by atoms with Gasteiger partial charge in [0.1, 0.15) is 0 Å². The molecular weight excluding hydrogens is 359 g/mol. The summed E-state index contributed by atoms with van der Waals surface area (Å²) < 4.78 is 4.28. The van der Waals surface area contributed by atoms with Gasteiger partial charge < -0.3 is 0 Å². The van der Waals surface area contributed by atoms with Crippen LogP contribution in [0.1, 0.15) is 112 Å². The molecule has 0 aliphatic rings. The first-order valence-electron chi connectivity index (χ1n) is 10.2. The molecule has 0 saturated carbocycles. The van der Waals surface area contributed by atoms with Crippen LogP contribution in [0.5, 0.6) is 0 Å². The molecule has 0 N–H and O–H groups in total. The van der Waals surface area contributed by atoms with E-state index in [1.165, 1.54) is 57.8 Å². The van der Waals surface area contributed by atoms with Gasteiger partial charge in [-0.3, -0.25) is 0 Å². The molecule has 0 nitrogen and oxygen atoms in total. The molecule has 0 rings (SSSR count). The average molecular weight is 403 g/mol. The summed E-state index contributed by atoms with van der Waals surface area (Å²) in [5, 5.41) is 0. The van der Waals surface area contributed by atoms with Crippen molar-refractivity contribution in [3.05, 3.63) is 0 Å². The fraction of sp³-hybridized carbons (Fsp3) is 1.00. The van der Waals surface area contributed by atoms with E-state index in [1.54, 1.807) is 28.1 Å². The Morgan fingerprint density at radius 1 is 0.524 bits per heavy atom. The first kappa shape index (κ1) is 21.8. The van der Waals surface area contributed by atoms with E-state index in [0.29, 0.717) is 0 Å². The Kier molecular flexibility index (Phi) is 14.9. The van der Waals surface area contributed by atoms with Crippen LogP contribution in [0.2, 0.25) is 12.3 Å². The van der Waals surface area contributed by atoms with Crippen molar-refractivity contribution in [1.29, 1.82) is 0 Å². The zero-order valence-electron chi connectivity index (χ0n) is 16.0. The first-order chi connectivity index (χ1) is 10.2. The second-order valence-electron chi connectivity index (χ2n) is 7.30. The van der Waals surface area contributed by atoms with Gasteiger partial charge in [-0.1, -0.05) is 0 Å². The van der Waals surface area contributed by atoms with Crippen molar-refractivity contribution in [3.63, 3.8) is 0 Å². The number of hydrogen-bond acceptors (Lipinski definition) is 0. The molecule has 21 heavy (non-hydrogen) atoms. The molecule has 0 atom stereocenters. The molecule has 0 aliphatic heterocycles. The summed E-state index contributed by atoms with van der Waals surface area (Å²) in [7, 11) is 0. The summed E-state index contributed by atoms with van der Waals surface area (Å²) in [5.41, 5.74) is 0. The standard InChI is InChI=1S/C12H25.2C4H9.Sn.H/c1-4-7-10-12(9-6-3)11-8-5-2;2*1-3-4-2;;/h4-11H2,1-3H3;2*1,3-4H2,2H3;;. The van der Waals surface area contributed by atoms with Crippen LogP contribution in [-0.2, 0) is 0 Å². The van der Waals surface area contributed by atoms with E-state index in [-0.39, 0.29) is 0 Å². The SMILES string of the molecule is CCC[CH2][SnH]([CH2]CCC)[C](CCC)(CCCC)CCCC. The van der Waals surface area contributed by atoms with Gasteiger partial charge in [0.25, 0.3) is 0 Å². The predicted molar refractivity (Wildman–Crippen MR) is 103 cm³/mol. The van der Waals surface area contributed by atoms with Crippen molar-refractivity contribution in [1.82, 2.24) is 0 Å². The Bertz CT molecular complexity index is 196. The quantitative estimate of drug-likeness (QED) is 0.245. The molecule has 0 radical (unpaired) electrons. The zero-order chi connectivity index (χ0) is 16.0. The van der Waals surface area contributed by atoms with E-state index in [4.69, 9.17) is 0 Å². The second kappa shape index (κ2) is 14.4. The summed E-state index contributed by atoms with van der Waals surface area (Å²) in [6.45, 7) is 12.0. The van der Waals surface area contributed by atoms with Crippen LogP contribution < -0.4 is 0 Å². The summed E-state index contributed by atoms with van der Waals surface area (Å²) in [6, 6.07) is 0. The van der Waals surface area contributed by atoms with E-state index in [9.17, 15) is 0 Å². The Morgan fingerprint density at radius 3 is 1.29 bits per heavy atom. The summed E-state index contributed by atoms with van der Waals surface area (Å²) in [5.74, 6) is 0. The van der Waals surface area contributed by atoms with Crippen molar-refractivity contribution in [2.75, 3.05) is 0 Å². The molecule has 0 unspecified atom stereocenters. The predicted octanol–water partition coefficient (Wildman–Crippen LogP) is 7.73. The number of hydrogen-bond donors (Lipinski definition) is 0. The molecule has 0 spiro atoms. The van der Waals surface area contributed by atoms with Gasteiger partial charge in [0.15, 0.2) is 0 Å². The van der Waals surface area contributed by atoms with Crippen molar-refractivity contribution < 1.29 is 0 Å². The molecule has 0 bridgehead atoms. The molecule has 0 fully saturated rings. The molecule has 0 aliphatic carbocycles. The number of rotatable bonds is 15. The maximum absolute atomic E-state index is 2.44. The van der Waals surface area contributed by atoms with Gasteiger partial charge in [-0.15, -0.1) is 0 Å². The minimum atomic E-state index is -1.42. The average Bonchev–Trinajstić information content (AvgIpc) is 2.50. The van der Waals surface area contributed by atoms with Crippen LogP contribution in [0.15, 0.2) is 0 Å². The van der Waals surface area contributed by atoms with E-state index < -0.39 is 19.8 Å². The van der Waals surface area contributed by atoms with Gasteiger partial charge in [-0.25, -0.2) is 0 Å². The molecular formula is C20H44Sn. The van der Waals surface area contributed by atoms with Crippen molar-refractivity contribution in [2.45, 2.75) is 124 Å².